The molecule has 0 radical (unpaired) electrons. The molecule has 1 rings (SSSR count). The van der Waals surface area contributed by atoms with Gasteiger partial charge in [-0.25, -0.2) is 0 Å². The second-order valence-corrected chi connectivity index (χ2v) is 5.14. The predicted octanol–water partition coefficient (Wildman–Crippen LogP) is -0.0730. The van der Waals surface area contributed by atoms with E-state index in [1.54, 1.807) is 16.8 Å². The normalized spacial score (nSPS) is 10.5. The molecule has 0 fully saturated rings. The zero-order valence-corrected chi connectivity index (χ0v) is 12.7. The summed E-state index contributed by atoms with van der Waals surface area (Å²) in [5.74, 6) is 1.37. The van der Waals surface area contributed by atoms with E-state index in [2.05, 4.69) is 34.1 Å². The first-order valence-corrected chi connectivity index (χ1v) is 6.48. The molecular weight excluding hydrogens is 258 g/mol. The molecule has 0 aromatic carbocycles. The summed E-state index contributed by atoms with van der Waals surface area (Å²) in [5.41, 5.74) is 5.30. The predicted molar refractivity (Wildman–Crippen MR) is 79.9 cm³/mol. The van der Waals surface area contributed by atoms with Gasteiger partial charge in [0, 0.05) is 27.7 Å². The highest BCUT2D eigenvalue weighted by atomic mass is 16.1. The molecule has 0 saturated heterocycles. The Balaban J connectivity index is 3.16. The summed E-state index contributed by atoms with van der Waals surface area (Å²) in [6, 6.07) is 0. The maximum Gasteiger partial charge on any atom is 0.237 e. The zero-order valence-electron chi connectivity index (χ0n) is 12.7. The lowest BCUT2D eigenvalue weighted by Gasteiger charge is -2.24. The van der Waals surface area contributed by atoms with Gasteiger partial charge in [0.2, 0.25) is 23.8 Å². The first kappa shape index (κ1) is 15.9. The fourth-order valence-electron chi connectivity index (χ4n) is 1.65. The van der Waals surface area contributed by atoms with Crippen molar-refractivity contribution in [3.8, 4) is 0 Å². The largest absolute Gasteiger partial charge is 0.368 e. The van der Waals surface area contributed by atoms with Crippen LogP contribution in [0, 0.1) is 5.92 Å². The highest BCUT2D eigenvalue weighted by Crippen LogP contribution is 2.16. The lowest BCUT2D eigenvalue weighted by Crippen LogP contribution is -2.37. The zero-order chi connectivity index (χ0) is 15.3. The average Bonchev–Trinajstić information content (AvgIpc) is 2.36. The van der Waals surface area contributed by atoms with Gasteiger partial charge in [-0.2, -0.15) is 15.0 Å². The van der Waals surface area contributed by atoms with Crippen molar-refractivity contribution in [2.45, 2.75) is 13.8 Å². The summed E-state index contributed by atoms with van der Waals surface area (Å²) >= 11 is 0. The van der Waals surface area contributed by atoms with Crippen molar-refractivity contribution < 1.29 is 4.79 Å². The van der Waals surface area contributed by atoms with Crippen LogP contribution in [0.3, 0.4) is 0 Å². The molecule has 8 heteroatoms. The van der Waals surface area contributed by atoms with Crippen LogP contribution in [0.1, 0.15) is 13.8 Å². The Kier molecular flexibility index (Phi) is 5.48. The van der Waals surface area contributed by atoms with Gasteiger partial charge in [0.05, 0.1) is 6.54 Å². The minimum Gasteiger partial charge on any atom is -0.368 e. The number of hydrogen-bond acceptors (Lipinski definition) is 7. The second kappa shape index (κ2) is 6.88. The van der Waals surface area contributed by atoms with E-state index in [1.165, 1.54) is 0 Å². The van der Waals surface area contributed by atoms with Gasteiger partial charge < -0.3 is 20.9 Å². The van der Waals surface area contributed by atoms with Crippen LogP contribution in [0.2, 0.25) is 0 Å². The third-order valence-electron chi connectivity index (χ3n) is 2.45. The van der Waals surface area contributed by atoms with E-state index < -0.39 is 5.91 Å². The first-order valence-electron chi connectivity index (χ1n) is 6.48. The van der Waals surface area contributed by atoms with Gasteiger partial charge in [-0.05, 0) is 5.92 Å². The maximum atomic E-state index is 11.2. The van der Waals surface area contributed by atoms with Gasteiger partial charge in [0.15, 0.2) is 0 Å². The van der Waals surface area contributed by atoms with Gasteiger partial charge in [0.25, 0.3) is 0 Å². The maximum absolute atomic E-state index is 11.2. The molecule has 1 amide bonds. The molecule has 0 bridgehead atoms. The van der Waals surface area contributed by atoms with E-state index in [-0.39, 0.29) is 6.54 Å². The number of primary amides is 1. The minimum atomic E-state index is -0.413. The third-order valence-corrected chi connectivity index (χ3v) is 2.45. The van der Waals surface area contributed by atoms with Crippen molar-refractivity contribution in [1.29, 1.82) is 0 Å². The van der Waals surface area contributed by atoms with Crippen LogP contribution in [0.4, 0.5) is 17.8 Å². The average molecular weight is 281 g/mol. The SMILES string of the molecule is CNc1nc(N(C)C)nc(N(CC(N)=O)CC(C)C)n1. The van der Waals surface area contributed by atoms with Crippen LogP contribution < -0.4 is 20.9 Å². The van der Waals surface area contributed by atoms with Crippen molar-refractivity contribution in [2.75, 3.05) is 49.3 Å². The van der Waals surface area contributed by atoms with Crippen LogP contribution in [0.25, 0.3) is 0 Å². The topological polar surface area (TPSA) is 100 Å². The summed E-state index contributed by atoms with van der Waals surface area (Å²) in [5, 5.41) is 2.89. The number of carbonyl (C=O) groups excluding carboxylic acids is 1. The Hall–Kier alpha value is -2.12. The number of nitrogens with two attached hydrogens (primary N) is 1. The monoisotopic (exact) mass is 281 g/mol. The minimum absolute atomic E-state index is 0.0816. The highest BCUT2D eigenvalue weighted by molar-refractivity contribution is 5.79. The quantitative estimate of drug-likeness (QED) is 0.721. The number of anilines is 3. The molecule has 0 aliphatic carbocycles. The molecule has 0 spiro atoms. The fraction of sp³-hybridized carbons (Fsp3) is 0.667. The van der Waals surface area contributed by atoms with Crippen LogP contribution in [-0.4, -0.2) is 55.1 Å². The van der Waals surface area contributed by atoms with E-state index in [1.807, 2.05) is 14.1 Å². The van der Waals surface area contributed by atoms with Crippen molar-refractivity contribution >= 4 is 23.8 Å². The number of hydrogen-bond donors (Lipinski definition) is 2. The van der Waals surface area contributed by atoms with Crippen molar-refractivity contribution in [3.05, 3.63) is 0 Å². The molecule has 0 saturated carbocycles. The number of nitrogens with one attached hydrogen (secondary N) is 1. The first-order chi connectivity index (χ1) is 9.33. The molecule has 20 heavy (non-hydrogen) atoms. The summed E-state index contributed by atoms with van der Waals surface area (Å²) in [6.07, 6.45) is 0. The molecule has 8 nitrogen and oxygen atoms in total. The molecule has 112 valence electrons. The van der Waals surface area contributed by atoms with Gasteiger partial charge >= 0.3 is 0 Å². The molecule has 1 heterocycles. The van der Waals surface area contributed by atoms with Crippen molar-refractivity contribution in [1.82, 2.24) is 15.0 Å². The van der Waals surface area contributed by atoms with Gasteiger partial charge in [-0.3, -0.25) is 4.79 Å². The van der Waals surface area contributed by atoms with Crippen LogP contribution in [0.5, 0.6) is 0 Å². The number of rotatable bonds is 7. The van der Waals surface area contributed by atoms with Gasteiger partial charge in [-0.15, -0.1) is 0 Å². The van der Waals surface area contributed by atoms with E-state index in [4.69, 9.17) is 5.73 Å². The lowest BCUT2D eigenvalue weighted by atomic mass is 10.2. The smallest absolute Gasteiger partial charge is 0.237 e. The third kappa shape index (κ3) is 4.52. The van der Waals surface area contributed by atoms with E-state index in [0.29, 0.717) is 30.3 Å². The lowest BCUT2D eigenvalue weighted by molar-refractivity contribution is -0.116. The number of aromatic nitrogens is 3. The highest BCUT2D eigenvalue weighted by Gasteiger charge is 2.17. The molecule has 0 unspecified atom stereocenters. The Morgan fingerprint density at radius 3 is 2.30 bits per heavy atom. The number of amides is 1. The van der Waals surface area contributed by atoms with Crippen LogP contribution in [-0.2, 0) is 4.79 Å². The molecule has 3 N–H and O–H groups in total. The van der Waals surface area contributed by atoms with E-state index in [0.717, 1.165) is 0 Å². The Bertz CT molecular complexity index is 461. The Morgan fingerprint density at radius 1 is 1.25 bits per heavy atom. The van der Waals surface area contributed by atoms with Crippen molar-refractivity contribution in [2.24, 2.45) is 11.7 Å². The molecule has 0 aliphatic rings. The van der Waals surface area contributed by atoms with E-state index >= 15 is 0 Å². The van der Waals surface area contributed by atoms with Crippen LogP contribution in [0.15, 0.2) is 0 Å². The number of carbonyl (C=O) groups is 1. The fourth-order valence-corrected chi connectivity index (χ4v) is 1.65. The standard InChI is InChI=1S/C12H23N7O/c1-8(2)6-19(7-9(13)20)12-16-10(14-3)15-11(17-12)18(4)5/h8H,6-7H2,1-5H3,(H2,13,20)(H,14,15,16,17). The van der Waals surface area contributed by atoms with Gasteiger partial charge in [0.1, 0.15) is 0 Å². The number of nitrogens with zero attached hydrogens (tertiary/aromatic N) is 5. The Morgan fingerprint density at radius 2 is 1.85 bits per heavy atom. The summed E-state index contributed by atoms with van der Waals surface area (Å²) in [6.45, 7) is 4.84. The summed E-state index contributed by atoms with van der Waals surface area (Å²) in [4.78, 5) is 27.7. The Labute approximate surface area is 119 Å². The van der Waals surface area contributed by atoms with Crippen molar-refractivity contribution in [3.63, 3.8) is 0 Å². The molecule has 0 aliphatic heterocycles. The molecular formula is C12H23N7O. The molecule has 1 aromatic heterocycles. The summed E-state index contributed by atoms with van der Waals surface area (Å²) < 4.78 is 0. The molecule has 1 aromatic rings. The summed E-state index contributed by atoms with van der Waals surface area (Å²) in [7, 11) is 5.43. The van der Waals surface area contributed by atoms with E-state index in [9.17, 15) is 4.79 Å². The van der Waals surface area contributed by atoms with Crippen LogP contribution >= 0.6 is 0 Å². The second-order valence-electron chi connectivity index (χ2n) is 5.14. The van der Waals surface area contributed by atoms with Gasteiger partial charge in [-0.1, -0.05) is 13.8 Å². The molecule has 0 atom stereocenters.